The van der Waals surface area contributed by atoms with Gasteiger partial charge in [-0.15, -0.1) is 0 Å². The molecule has 0 fully saturated rings. The van der Waals surface area contributed by atoms with Crippen LogP contribution in [0.2, 0.25) is 0 Å². The molecule has 0 saturated carbocycles. The molecule has 1 heterocycles. The van der Waals surface area contributed by atoms with Crippen LogP contribution in [0, 0.1) is 0 Å². The predicted octanol–water partition coefficient (Wildman–Crippen LogP) is 0.745. The number of nitrogens with two attached hydrogens (primary N) is 1. The Hall–Kier alpha value is -0.970. The lowest BCUT2D eigenvalue weighted by Gasteiger charge is -2.20. The molecule has 0 unspecified atom stereocenters. The van der Waals surface area contributed by atoms with Crippen LogP contribution >= 0.6 is 0 Å². The summed E-state index contributed by atoms with van der Waals surface area (Å²) in [5.41, 5.74) is 7.79. The van der Waals surface area contributed by atoms with E-state index in [-0.39, 0.29) is 6.61 Å². The first kappa shape index (κ1) is 13.1. The SMILES string of the molecule is CCN(CCCO)Cc1cccnc1CN. The molecular formula is C12H21N3O. The topological polar surface area (TPSA) is 62.4 Å². The first-order valence-corrected chi connectivity index (χ1v) is 5.77. The van der Waals surface area contributed by atoms with E-state index < -0.39 is 0 Å². The Morgan fingerprint density at radius 2 is 2.31 bits per heavy atom. The van der Waals surface area contributed by atoms with E-state index in [0.29, 0.717) is 6.54 Å². The Balaban J connectivity index is 2.62. The zero-order valence-corrected chi connectivity index (χ0v) is 9.89. The second kappa shape index (κ2) is 7.33. The maximum Gasteiger partial charge on any atom is 0.0584 e. The van der Waals surface area contributed by atoms with Gasteiger partial charge in [0.1, 0.15) is 0 Å². The molecule has 0 saturated heterocycles. The van der Waals surface area contributed by atoms with Gasteiger partial charge < -0.3 is 10.8 Å². The highest BCUT2D eigenvalue weighted by Gasteiger charge is 2.07. The van der Waals surface area contributed by atoms with Crippen molar-refractivity contribution in [3.63, 3.8) is 0 Å². The van der Waals surface area contributed by atoms with E-state index in [2.05, 4.69) is 22.9 Å². The molecular weight excluding hydrogens is 202 g/mol. The Labute approximate surface area is 97.1 Å². The molecule has 0 atom stereocenters. The lowest BCUT2D eigenvalue weighted by molar-refractivity contribution is 0.225. The van der Waals surface area contributed by atoms with E-state index in [1.807, 2.05) is 6.07 Å². The number of aromatic nitrogens is 1. The van der Waals surface area contributed by atoms with E-state index in [9.17, 15) is 0 Å². The molecule has 4 heteroatoms. The van der Waals surface area contributed by atoms with E-state index in [1.165, 1.54) is 5.56 Å². The van der Waals surface area contributed by atoms with Gasteiger partial charge in [-0.1, -0.05) is 13.0 Å². The van der Waals surface area contributed by atoms with Gasteiger partial charge in [0.15, 0.2) is 0 Å². The molecule has 3 N–H and O–H groups in total. The number of aliphatic hydroxyl groups excluding tert-OH is 1. The van der Waals surface area contributed by atoms with Crippen LogP contribution in [0.15, 0.2) is 18.3 Å². The Morgan fingerprint density at radius 1 is 1.50 bits per heavy atom. The van der Waals surface area contributed by atoms with Gasteiger partial charge in [0.05, 0.1) is 5.69 Å². The molecule has 0 bridgehead atoms. The van der Waals surface area contributed by atoms with Crippen molar-refractivity contribution in [3.8, 4) is 0 Å². The summed E-state index contributed by atoms with van der Waals surface area (Å²) in [6, 6.07) is 4.01. The molecule has 1 aromatic rings. The van der Waals surface area contributed by atoms with Crippen molar-refractivity contribution in [1.82, 2.24) is 9.88 Å². The van der Waals surface area contributed by atoms with Crippen LogP contribution in [-0.2, 0) is 13.1 Å². The second-order valence-corrected chi connectivity index (χ2v) is 3.76. The third kappa shape index (κ3) is 3.89. The molecule has 0 spiro atoms. The molecule has 90 valence electrons. The van der Waals surface area contributed by atoms with Gasteiger partial charge in [-0.05, 0) is 24.6 Å². The van der Waals surface area contributed by atoms with Gasteiger partial charge in [-0.2, -0.15) is 0 Å². The summed E-state index contributed by atoms with van der Waals surface area (Å²) in [7, 11) is 0. The summed E-state index contributed by atoms with van der Waals surface area (Å²) in [5.74, 6) is 0. The Morgan fingerprint density at radius 3 is 2.94 bits per heavy atom. The third-order valence-corrected chi connectivity index (χ3v) is 2.65. The minimum Gasteiger partial charge on any atom is -0.396 e. The highest BCUT2D eigenvalue weighted by Crippen LogP contribution is 2.08. The molecule has 0 aromatic carbocycles. The molecule has 0 aliphatic carbocycles. The highest BCUT2D eigenvalue weighted by molar-refractivity contribution is 5.19. The van der Waals surface area contributed by atoms with Crippen LogP contribution in [0.3, 0.4) is 0 Å². The lowest BCUT2D eigenvalue weighted by atomic mass is 10.1. The first-order valence-electron chi connectivity index (χ1n) is 5.77. The third-order valence-electron chi connectivity index (χ3n) is 2.65. The number of hydrogen-bond acceptors (Lipinski definition) is 4. The number of nitrogens with zero attached hydrogens (tertiary/aromatic N) is 2. The first-order chi connectivity index (χ1) is 7.81. The standard InChI is InChI=1S/C12H21N3O/c1-2-15(7-4-8-16)10-11-5-3-6-14-12(11)9-13/h3,5-6,16H,2,4,7-10,13H2,1H3. The van der Waals surface area contributed by atoms with Crippen LogP contribution in [-0.4, -0.2) is 34.7 Å². The predicted molar refractivity (Wildman–Crippen MR) is 64.8 cm³/mol. The van der Waals surface area contributed by atoms with Crippen molar-refractivity contribution in [1.29, 1.82) is 0 Å². The normalized spacial score (nSPS) is 11.0. The maximum absolute atomic E-state index is 8.82. The number of hydrogen-bond donors (Lipinski definition) is 2. The van der Waals surface area contributed by atoms with Crippen LogP contribution in [0.1, 0.15) is 24.6 Å². The summed E-state index contributed by atoms with van der Waals surface area (Å²) < 4.78 is 0. The van der Waals surface area contributed by atoms with Gasteiger partial charge in [-0.25, -0.2) is 0 Å². The van der Waals surface area contributed by atoms with Gasteiger partial charge in [0, 0.05) is 32.4 Å². The zero-order chi connectivity index (χ0) is 11.8. The summed E-state index contributed by atoms with van der Waals surface area (Å²) in [4.78, 5) is 6.55. The number of aliphatic hydroxyl groups is 1. The lowest BCUT2D eigenvalue weighted by Crippen LogP contribution is -2.25. The van der Waals surface area contributed by atoms with Crippen LogP contribution in [0.25, 0.3) is 0 Å². The van der Waals surface area contributed by atoms with E-state index >= 15 is 0 Å². The van der Waals surface area contributed by atoms with Crippen molar-refractivity contribution >= 4 is 0 Å². The average Bonchev–Trinajstić information content (AvgIpc) is 2.34. The van der Waals surface area contributed by atoms with Crippen LogP contribution in [0.4, 0.5) is 0 Å². The fraction of sp³-hybridized carbons (Fsp3) is 0.583. The molecule has 4 nitrogen and oxygen atoms in total. The maximum atomic E-state index is 8.82. The van der Waals surface area contributed by atoms with Crippen molar-refractivity contribution in [2.75, 3.05) is 19.7 Å². The molecule has 0 amide bonds. The Kier molecular flexibility index (Phi) is 6.00. The van der Waals surface area contributed by atoms with Gasteiger partial charge in [0.25, 0.3) is 0 Å². The molecule has 0 aliphatic heterocycles. The van der Waals surface area contributed by atoms with E-state index in [0.717, 1.165) is 31.7 Å². The minimum atomic E-state index is 0.243. The number of rotatable bonds is 7. The van der Waals surface area contributed by atoms with Gasteiger partial charge in [-0.3, -0.25) is 9.88 Å². The summed E-state index contributed by atoms with van der Waals surface area (Å²) in [6.07, 6.45) is 2.59. The van der Waals surface area contributed by atoms with E-state index in [4.69, 9.17) is 10.8 Å². The summed E-state index contributed by atoms with van der Waals surface area (Å²) >= 11 is 0. The molecule has 1 aromatic heterocycles. The average molecular weight is 223 g/mol. The monoisotopic (exact) mass is 223 g/mol. The fourth-order valence-electron chi connectivity index (χ4n) is 1.68. The fourth-order valence-corrected chi connectivity index (χ4v) is 1.68. The second-order valence-electron chi connectivity index (χ2n) is 3.76. The summed E-state index contributed by atoms with van der Waals surface area (Å²) in [6.45, 7) is 5.58. The van der Waals surface area contributed by atoms with E-state index in [1.54, 1.807) is 6.20 Å². The molecule has 0 radical (unpaired) electrons. The van der Waals surface area contributed by atoms with Crippen molar-refractivity contribution in [2.24, 2.45) is 5.73 Å². The number of pyridine rings is 1. The molecule has 16 heavy (non-hydrogen) atoms. The molecule has 1 rings (SSSR count). The minimum absolute atomic E-state index is 0.243. The van der Waals surface area contributed by atoms with Crippen LogP contribution < -0.4 is 5.73 Å². The quantitative estimate of drug-likeness (QED) is 0.716. The smallest absolute Gasteiger partial charge is 0.0584 e. The largest absolute Gasteiger partial charge is 0.396 e. The van der Waals surface area contributed by atoms with Crippen molar-refractivity contribution in [2.45, 2.75) is 26.4 Å². The molecule has 0 aliphatic rings. The van der Waals surface area contributed by atoms with Crippen LogP contribution in [0.5, 0.6) is 0 Å². The van der Waals surface area contributed by atoms with Crippen molar-refractivity contribution in [3.05, 3.63) is 29.6 Å². The van der Waals surface area contributed by atoms with Gasteiger partial charge in [0.2, 0.25) is 0 Å². The summed E-state index contributed by atoms with van der Waals surface area (Å²) in [5, 5.41) is 8.82. The Bertz CT molecular complexity index is 304. The van der Waals surface area contributed by atoms with Gasteiger partial charge >= 0.3 is 0 Å². The zero-order valence-electron chi connectivity index (χ0n) is 9.89. The highest BCUT2D eigenvalue weighted by atomic mass is 16.3. The van der Waals surface area contributed by atoms with Crippen molar-refractivity contribution < 1.29 is 5.11 Å².